The summed E-state index contributed by atoms with van der Waals surface area (Å²) in [4.78, 5) is 18.5. The molecule has 8 nitrogen and oxygen atoms in total. The van der Waals surface area contributed by atoms with Gasteiger partial charge in [-0.15, -0.1) is 10.2 Å². The molecule has 0 fully saturated rings. The molecule has 0 bridgehead atoms. The number of amides is 1. The van der Waals surface area contributed by atoms with E-state index in [9.17, 15) is 4.79 Å². The van der Waals surface area contributed by atoms with Crippen LogP contribution in [0.4, 0.5) is 0 Å². The molecule has 128 valence electrons. The van der Waals surface area contributed by atoms with Crippen molar-refractivity contribution in [2.24, 2.45) is 0 Å². The van der Waals surface area contributed by atoms with Crippen molar-refractivity contribution < 1.29 is 13.9 Å². The van der Waals surface area contributed by atoms with Crippen molar-refractivity contribution in [1.29, 1.82) is 0 Å². The van der Waals surface area contributed by atoms with Gasteiger partial charge in [0.05, 0.1) is 17.9 Å². The largest absolute Gasteiger partial charge is 0.472 e. The van der Waals surface area contributed by atoms with Crippen molar-refractivity contribution in [2.75, 3.05) is 6.54 Å². The molecule has 0 N–H and O–H groups in total. The molecule has 0 spiro atoms. The van der Waals surface area contributed by atoms with Gasteiger partial charge in [0, 0.05) is 25.4 Å². The van der Waals surface area contributed by atoms with E-state index in [0.717, 1.165) is 11.6 Å². The number of pyridine rings is 1. The lowest BCUT2D eigenvalue weighted by Crippen LogP contribution is -2.41. The van der Waals surface area contributed by atoms with Crippen molar-refractivity contribution in [3.63, 3.8) is 0 Å². The summed E-state index contributed by atoms with van der Waals surface area (Å²) in [5.74, 6) is 1.95. The predicted molar refractivity (Wildman–Crippen MR) is 86.8 cm³/mol. The van der Waals surface area contributed by atoms with Crippen LogP contribution in [0, 0.1) is 0 Å². The quantitative estimate of drug-likeness (QED) is 0.723. The lowest BCUT2D eigenvalue weighted by Gasteiger charge is -2.33. The molecule has 1 amide bonds. The molecular formula is C17H17N5O3. The zero-order chi connectivity index (χ0) is 17.2. The van der Waals surface area contributed by atoms with E-state index in [-0.39, 0.29) is 18.6 Å². The van der Waals surface area contributed by atoms with Crippen LogP contribution in [-0.2, 0) is 13.2 Å². The summed E-state index contributed by atoms with van der Waals surface area (Å²) < 4.78 is 12.7. The molecule has 0 unspecified atom stereocenters. The summed E-state index contributed by atoms with van der Waals surface area (Å²) in [6.45, 7) is 3.43. The van der Waals surface area contributed by atoms with Gasteiger partial charge < -0.3 is 18.6 Å². The van der Waals surface area contributed by atoms with Gasteiger partial charge in [0.25, 0.3) is 5.91 Å². The van der Waals surface area contributed by atoms with Gasteiger partial charge in [-0.3, -0.25) is 4.79 Å². The molecule has 3 aromatic heterocycles. The van der Waals surface area contributed by atoms with Crippen LogP contribution < -0.4 is 4.74 Å². The van der Waals surface area contributed by atoms with Gasteiger partial charge in [-0.1, -0.05) is 6.07 Å². The Morgan fingerprint density at radius 1 is 1.32 bits per heavy atom. The average Bonchev–Trinajstić information content (AvgIpc) is 3.31. The number of nitrogens with zero attached hydrogens (tertiary/aromatic N) is 5. The molecule has 1 aliphatic rings. The first kappa shape index (κ1) is 15.4. The third kappa shape index (κ3) is 2.86. The maximum Gasteiger partial charge on any atom is 0.257 e. The van der Waals surface area contributed by atoms with Gasteiger partial charge in [-0.25, -0.2) is 4.98 Å². The normalized spacial score (nSPS) is 16.5. The van der Waals surface area contributed by atoms with Gasteiger partial charge >= 0.3 is 0 Å². The van der Waals surface area contributed by atoms with Crippen molar-refractivity contribution in [1.82, 2.24) is 24.6 Å². The molecule has 0 radical (unpaired) electrons. The molecule has 3 aromatic rings. The smallest absolute Gasteiger partial charge is 0.257 e. The fraction of sp³-hybridized carbons (Fsp3) is 0.294. The number of hydrogen-bond donors (Lipinski definition) is 0. The number of carbonyl (C=O) groups excluding carboxylic acids is 1. The number of carbonyl (C=O) groups is 1. The Labute approximate surface area is 144 Å². The summed E-state index contributed by atoms with van der Waals surface area (Å²) >= 11 is 0. The minimum Gasteiger partial charge on any atom is -0.472 e. The minimum absolute atomic E-state index is 0.0678. The third-order valence-electron chi connectivity index (χ3n) is 4.28. The number of rotatable bonds is 4. The van der Waals surface area contributed by atoms with Gasteiger partial charge in [0.2, 0.25) is 5.88 Å². The number of ether oxygens (including phenoxy) is 1. The molecule has 0 saturated heterocycles. The van der Waals surface area contributed by atoms with Gasteiger partial charge in [-0.2, -0.15) is 0 Å². The molecule has 1 atom stereocenters. The lowest BCUT2D eigenvalue weighted by molar-refractivity contribution is 0.0634. The second kappa shape index (κ2) is 6.39. The summed E-state index contributed by atoms with van der Waals surface area (Å²) in [6.07, 6.45) is 4.63. The Morgan fingerprint density at radius 2 is 2.24 bits per heavy atom. The van der Waals surface area contributed by atoms with Gasteiger partial charge in [0.15, 0.2) is 11.6 Å². The predicted octanol–water partition coefficient (Wildman–Crippen LogP) is 2.06. The van der Waals surface area contributed by atoms with Gasteiger partial charge in [0.1, 0.15) is 12.9 Å². The van der Waals surface area contributed by atoms with Crippen molar-refractivity contribution in [3.05, 3.63) is 60.2 Å². The first-order valence-corrected chi connectivity index (χ1v) is 8.03. The number of aromatic nitrogens is 4. The molecule has 4 heterocycles. The van der Waals surface area contributed by atoms with Gasteiger partial charge in [-0.05, 0) is 19.1 Å². The van der Waals surface area contributed by atoms with Crippen LogP contribution in [0.5, 0.6) is 5.88 Å². The van der Waals surface area contributed by atoms with Crippen LogP contribution in [-0.4, -0.2) is 37.1 Å². The molecule has 1 aliphatic heterocycles. The highest BCUT2D eigenvalue weighted by molar-refractivity contribution is 5.94. The molecule has 0 aromatic carbocycles. The maximum atomic E-state index is 12.6. The Balaban J connectivity index is 1.50. The summed E-state index contributed by atoms with van der Waals surface area (Å²) in [7, 11) is 0. The minimum atomic E-state index is -0.174. The molecule has 4 rings (SSSR count). The lowest BCUT2D eigenvalue weighted by atomic mass is 10.1. The van der Waals surface area contributed by atoms with Crippen LogP contribution in [0.15, 0.2) is 47.4 Å². The highest BCUT2D eigenvalue weighted by Crippen LogP contribution is 2.26. The fourth-order valence-electron chi connectivity index (χ4n) is 2.95. The number of furan rings is 1. The summed E-state index contributed by atoms with van der Waals surface area (Å²) in [5.41, 5.74) is 0.540. The van der Waals surface area contributed by atoms with E-state index in [0.29, 0.717) is 24.5 Å². The van der Waals surface area contributed by atoms with E-state index in [4.69, 9.17) is 9.15 Å². The number of hydrogen-bond acceptors (Lipinski definition) is 6. The number of fused-ring (bicyclic) bond motifs is 1. The van der Waals surface area contributed by atoms with Crippen LogP contribution in [0.3, 0.4) is 0 Å². The molecule has 25 heavy (non-hydrogen) atoms. The van der Waals surface area contributed by atoms with E-state index >= 15 is 0 Å². The monoisotopic (exact) mass is 339 g/mol. The third-order valence-corrected chi connectivity index (χ3v) is 4.28. The Hall–Kier alpha value is -3.16. The van der Waals surface area contributed by atoms with E-state index < -0.39 is 0 Å². The molecule has 0 aliphatic carbocycles. The first-order valence-electron chi connectivity index (χ1n) is 8.03. The summed E-state index contributed by atoms with van der Waals surface area (Å²) in [5, 5.41) is 8.48. The fourth-order valence-corrected chi connectivity index (χ4v) is 2.95. The Bertz CT molecular complexity index is 860. The SMILES string of the molecule is C[C@@H]1c2nnc(COc3ccccn3)n2CCN1C(=O)c1ccoc1. The zero-order valence-electron chi connectivity index (χ0n) is 13.7. The molecular weight excluding hydrogens is 322 g/mol. The van der Waals surface area contributed by atoms with Crippen LogP contribution in [0.2, 0.25) is 0 Å². The molecule has 0 saturated carbocycles. The zero-order valence-corrected chi connectivity index (χ0v) is 13.7. The topological polar surface area (TPSA) is 86.3 Å². The summed E-state index contributed by atoms with van der Waals surface area (Å²) in [6, 6.07) is 6.98. The average molecular weight is 339 g/mol. The second-order valence-corrected chi connectivity index (χ2v) is 5.77. The standard InChI is InChI=1S/C17H17N5O3/c1-12-16-20-19-14(11-25-15-4-2-3-6-18-15)22(16)8-7-21(12)17(23)13-5-9-24-10-13/h2-6,9-10,12H,7-8,11H2,1H3/t12-/m1/s1. The van der Waals surface area contributed by atoms with E-state index in [1.54, 1.807) is 23.2 Å². The van der Waals surface area contributed by atoms with Crippen LogP contribution in [0.25, 0.3) is 0 Å². The van der Waals surface area contributed by atoms with Crippen molar-refractivity contribution in [2.45, 2.75) is 26.1 Å². The van der Waals surface area contributed by atoms with Crippen LogP contribution >= 0.6 is 0 Å². The Morgan fingerprint density at radius 3 is 3.00 bits per heavy atom. The highest BCUT2D eigenvalue weighted by atomic mass is 16.5. The van der Waals surface area contributed by atoms with Crippen molar-refractivity contribution in [3.8, 4) is 5.88 Å². The molecule has 8 heteroatoms. The maximum absolute atomic E-state index is 12.6. The van der Waals surface area contributed by atoms with Crippen molar-refractivity contribution >= 4 is 5.91 Å². The van der Waals surface area contributed by atoms with Crippen LogP contribution in [0.1, 0.15) is 35.0 Å². The van der Waals surface area contributed by atoms with E-state index in [1.807, 2.05) is 23.6 Å². The Kier molecular flexibility index (Phi) is 3.93. The highest BCUT2D eigenvalue weighted by Gasteiger charge is 2.32. The van der Waals surface area contributed by atoms with E-state index in [2.05, 4.69) is 15.2 Å². The second-order valence-electron chi connectivity index (χ2n) is 5.77. The van der Waals surface area contributed by atoms with E-state index in [1.165, 1.54) is 12.5 Å². The first-order chi connectivity index (χ1) is 12.2.